The predicted molar refractivity (Wildman–Crippen MR) is 67.9 cm³/mol. The van der Waals surface area contributed by atoms with Gasteiger partial charge in [0, 0.05) is 24.7 Å². The summed E-state index contributed by atoms with van der Waals surface area (Å²) in [5.74, 6) is -1.80. The van der Waals surface area contributed by atoms with E-state index < -0.39 is 17.7 Å². The van der Waals surface area contributed by atoms with Gasteiger partial charge < -0.3 is 10.3 Å². The van der Waals surface area contributed by atoms with Crippen LogP contribution >= 0.6 is 0 Å². The van der Waals surface area contributed by atoms with Gasteiger partial charge in [0.05, 0.1) is 23.8 Å². The molecule has 0 saturated carbocycles. The lowest BCUT2D eigenvalue weighted by Crippen LogP contribution is -2.44. The zero-order valence-electron chi connectivity index (χ0n) is 10.4. The molecule has 1 aliphatic rings. The van der Waals surface area contributed by atoms with Crippen molar-refractivity contribution in [2.45, 2.75) is 19.0 Å². The number of nitrogens with one attached hydrogen (secondary N) is 3. The van der Waals surface area contributed by atoms with Crippen LogP contribution in [0.2, 0.25) is 0 Å². The molecule has 0 aliphatic carbocycles. The Balaban J connectivity index is 1.71. The number of nitrogens with zero attached hydrogens (tertiary/aromatic N) is 1. The van der Waals surface area contributed by atoms with E-state index in [0.717, 1.165) is 29.6 Å². The second kappa shape index (κ2) is 5.01. The van der Waals surface area contributed by atoms with E-state index in [0.29, 0.717) is 13.0 Å². The first-order chi connectivity index (χ1) is 9.61. The fraction of sp³-hybridized carbons (Fsp3) is 0.231. The van der Waals surface area contributed by atoms with Gasteiger partial charge in [-0.25, -0.2) is 13.8 Å². The van der Waals surface area contributed by atoms with E-state index in [4.69, 9.17) is 0 Å². The van der Waals surface area contributed by atoms with Gasteiger partial charge in [-0.15, -0.1) is 0 Å². The Morgan fingerprint density at radius 3 is 2.80 bits per heavy atom. The summed E-state index contributed by atoms with van der Waals surface area (Å²) in [6.07, 6.45) is 2.01. The Morgan fingerprint density at radius 1 is 1.30 bits per heavy atom. The van der Waals surface area contributed by atoms with Gasteiger partial charge in [0.2, 0.25) is 5.91 Å². The summed E-state index contributed by atoms with van der Waals surface area (Å²) in [7, 11) is 0. The normalized spacial score (nSPS) is 17.6. The molecule has 5 nitrogen and oxygen atoms in total. The van der Waals surface area contributed by atoms with Crippen LogP contribution in [0.1, 0.15) is 11.4 Å². The van der Waals surface area contributed by atoms with E-state index in [1.165, 1.54) is 0 Å². The minimum atomic E-state index is -0.730. The average molecular weight is 278 g/mol. The molecule has 1 aliphatic heterocycles. The van der Waals surface area contributed by atoms with Gasteiger partial charge in [-0.05, 0) is 12.1 Å². The minimum absolute atomic E-state index is 0.0992. The monoisotopic (exact) mass is 278 g/mol. The molecule has 0 spiro atoms. The fourth-order valence-electron chi connectivity index (χ4n) is 2.21. The quantitative estimate of drug-likeness (QED) is 0.776. The maximum Gasteiger partial charge on any atom is 0.241 e. The van der Waals surface area contributed by atoms with Crippen LogP contribution in [-0.4, -0.2) is 21.9 Å². The minimum Gasteiger partial charge on any atom is -0.347 e. The molecule has 0 saturated heterocycles. The summed E-state index contributed by atoms with van der Waals surface area (Å²) < 4.78 is 26.1. The van der Waals surface area contributed by atoms with E-state index in [2.05, 4.69) is 20.6 Å². The number of rotatable bonds is 2. The van der Waals surface area contributed by atoms with Crippen molar-refractivity contribution in [2.75, 3.05) is 5.32 Å². The summed E-state index contributed by atoms with van der Waals surface area (Å²) in [6, 6.07) is 2.43. The molecule has 3 rings (SSSR count). The predicted octanol–water partition coefficient (Wildman–Crippen LogP) is 1.34. The van der Waals surface area contributed by atoms with Crippen LogP contribution in [0, 0.1) is 11.6 Å². The third-order valence-electron chi connectivity index (χ3n) is 3.18. The maximum absolute atomic E-state index is 13.1. The van der Waals surface area contributed by atoms with Crippen molar-refractivity contribution < 1.29 is 13.6 Å². The molecule has 3 N–H and O–H groups in total. The lowest BCUT2D eigenvalue weighted by molar-refractivity contribution is -0.118. The lowest BCUT2D eigenvalue weighted by Gasteiger charge is -2.22. The molecule has 1 aromatic heterocycles. The Bertz CT molecular complexity index is 635. The van der Waals surface area contributed by atoms with Gasteiger partial charge in [-0.3, -0.25) is 10.1 Å². The molecular weight excluding hydrogens is 266 g/mol. The van der Waals surface area contributed by atoms with Gasteiger partial charge in [0.1, 0.15) is 11.6 Å². The van der Waals surface area contributed by atoms with Gasteiger partial charge >= 0.3 is 0 Å². The summed E-state index contributed by atoms with van der Waals surface area (Å²) >= 11 is 0. The molecule has 1 aromatic carbocycles. The second-order valence-corrected chi connectivity index (χ2v) is 4.61. The standard InChI is InChI=1S/C13H12F2N4O/c14-7-1-8(15)3-9(2-7)19-13(20)11-4-10-12(5-16-11)18-6-17-10/h1-3,6,11,16H,4-5H2,(H,17,18)(H,19,20). The van der Waals surface area contributed by atoms with Gasteiger partial charge in [0.25, 0.3) is 0 Å². The third kappa shape index (κ3) is 2.53. The third-order valence-corrected chi connectivity index (χ3v) is 3.18. The summed E-state index contributed by atoms with van der Waals surface area (Å²) in [5.41, 5.74) is 1.88. The molecule has 1 atom stereocenters. The lowest BCUT2D eigenvalue weighted by atomic mass is 10.0. The topological polar surface area (TPSA) is 69.8 Å². The van der Waals surface area contributed by atoms with Crippen molar-refractivity contribution in [3.05, 3.63) is 47.5 Å². The summed E-state index contributed by atoms with van der Waals surface area (Å²) in [5, 5.41) is 5.54. The van der Waals surface area contributed by atoms with E-state index in [-0.39, 0.29) is 11.6 Å². The molecule has 1 unspecified atom stereocenters. The van der Waals surface area contributed by atoms with Gasteiger partial charge in [0.15, 0.2) is 0 Å². The Kier molecular flexibility index (Phi) is 3.19. The van der Waals surface area contributed by atoms with Crippen LogP contribution in [-0.2, 0) is 17.8 Å². The maximum atomic E-state index is 13.1. The number of aromatic amines is 1. The van der Waals surface area contributed by atoms with E-state index in [1.807, 2.05) is 0 Å². The number of amides is 1. The van der Waals surface area contributed by atoms with Crippen molar-refractivity contribution in [3.8, 4) is 0 Å². The Labute approximate surface area is 113 Å². The number of fused-ring (bicyclic) bond motifs is 1. The smallest absolute Gasteiger partial charge is 0.241 e. The molecule has 20 heavy (non-hydrogen) atoms. The number of hydrogen-bond acceptors (Lipinski definition) is 3. The highest BCUT2D eigenvalue weighted by atomic mass is 19.1. The number of halogens is 2. The Morgan fingerprint density at radius 2 is 2.05 bits per heavy atom. The van der Waals surface area contributed by atoms with Gasteiger partial charge in [-0.2, -0.15) is 0 Å². The number of imidazole rings is 1. The van der Waals surface area contributed by atoms with Crippen LogP contribution in [0.3, 0.4) is 0 Å². The van der Waals surface area contributed by atoms with Crippen molar-refractivity contribution in [1.82, 2.24) is 15.3 Å². The summed E-state index contributed by atoms with van der Waals surface area (Å²) in [6.45, 7) is 0.505. The van der Waals surface area contributed by atoms with Crippen molar-refractivity contribution in [2.24, 2.45) is 0 Å². The summed E-state index contributed by atoms with van der Waals surface area (Å²) in [4.78, 5) is 19.2. The molecule has 0 fully saturated rings. The first-order valence-corrected chi connectivity index (χ1v) is 6.13. The molecular formula is C13H12F2N4O. The number of benzene rings is 1. The molecule has 7 heteroatoms. The van der Waals surface area contributed by atoms with Crippen LogP contribution in [0.5, 0.6) is 0 Å². The molecule has 0 radical (unpaired) electrons. The number of anilines is 1. The van der Waals surface area contributed by atoms with Crippen LogP contribution in [0.25, 0.3) is 0 Å². The van der Waals surface area contributed by atoms with Crippen LogP contribution in [0.15, 0.2) is 24.5 Å². The zero-order chi connectivity index (χ0) is 14.1. The largest absolute Gasteiger partial charge is 0.347 e. The molecule has 2 heterocycles. The fourth-order valence-corrected chi connectivity index (χ4v) is 2.21. The van der Waals surface area contributed by atoms with E-state index >= 15 is 0 Å². The van der Waals surface area contributed by atoms with Gasteiger partial charge in [-0.1, -0.05) is 0 Å². The number of aromatic nitrogens is 2. The molecule has 0 bridgehead atoms. The number of carbonyl (C=O) groups excluding carboxylic acids is 1. The highest BCUT2D eigenvalue weighted by molar-refractivity contribution is 5.95. The average Bonchev–Trinajstić information content (AvgIpc) is 2.84. The van der Waals surface area contributed by atoms with Crippen LogP contribution in [0.4, 0.5) is 14.5 Å². The molecule has 1 amide bonds. The highest BCUT2D eigenvalue weighted by Gasteiger charge is 2.25. The first kappa shape index (κ1) is 12.7. The second-order valence-electron chi connectivity index (χ2n) is 4.61. The van der Waals surface area contributed by atoms with Crippen molar-refractivity contribution >= 4 is 11.6 Å². The van der Waals surface area contributed by atoms with Crippen molar-refractivity contribution in [3.63, 3.8) is 0 Å². The molecule has 2 aromatic rings. The number of carbonyl (C=O) groups is 1. The van der Waals surface area contributed by atoms with Crippen LogP contribution < -0.4 is 10.6 Å². The van der Waals surface area contributed by atoms with Crippen molar-refractivity contribution in [1.29, 1.82) is 0 Å². The Hall–Kier alpha value is -2.28. The SMILES string of the molecule is O=C(Nc1cc(F)cc(F)c1)C1Cc2nc[nH]c2CN1. The zero-order valence-corrected chi connectivity index (χ0v) is 10.4. The van der Waals surface area contributed by atoms with E-state index in [1.54, 1.807) is 6.33 Å². The first-order valence-electron chi connectivity index (χ1n) is 6.13. The number of hydrogen-bond donors (Lipinski definition) is 3. The van der Waals surface area contributed by atoms with E-state index in [9.17, 15) is 13.6 Å². The highest BCUT2D eigenvalue weighted by Crippen LogP contribution is 2.16. The molecule has 104 valence electrons. The number of H-pyrrole nitrogens is 1.